The summed E-state index contributed by atoms with van der Waals surface area (Å²) in [5.41, 5.74) is 1.77. The molecule has 0 spiro atoms. The van der Waals surface area contributed by atoms with E-state index < -0.39 is 10.0 Å². The minimum Gasteiger partial charge on any atom is -0.284 e. The molecule has 0 amide bonds. The van der Waals surface area contributed by atoms with Crippen LogP contribution < -0.4 is 4.72 Å². The number of rotatable bonds is 9. The molecule has 0 saturated carbocycles. The number of hydrogen-bond acceptors (Lipinski definition) is 2. The molecule has 0 heterocycles. The maximum Gasteiger partial charge on any atom is 0.232 e. The van der Waals surface area contributed by atoms with Crippen molar-refractivity contribution in [1.29, 1.82) is 0 Å². The van der Waals surface area contributed by atoms with E-state index in [0.717, 1.165) is 24.8 Å². The summed E-state index contributed by atoms with van der Waals surface area (Å²) in [5.74, 6) is 0.215. The van der Waals surface area contributed by atoms with Crippen molar-refractivity contribution in [2.75, 3.05) is 10.5 Å². The Hall–Kier alpha value is -1.03. The Kier molecular flexibility index (Phi) is 6.92. The van der Waals surface area contributed by atoms with Crippen LogP contribution in [0.5, 0.6) is 0 Å². The molecule has 0 aliphatic rings. The normalized spacial score (nSPS) is 11.5. The number of aryl methyl sites for hydroxylation is 1. The highest BCUT2D eigenvalue weighted by atomic mass is 32.2. The molecule has 0 aromatic heterocycles. The van der Waals surface area contributed by atoms with E-state index in [4.69, 9.17) is 0 Å². The van der Waals surface area contributed by atoms with Gasteiger partial charge in [0.15, 0.2) is 0 Å². The zero-order chi connectivity index (χ0) is 14.1. The largest absolute Gasteiger partial charge is 0.284 e. The van der Waals surface area contributed by atoms with Gasteiger partial charge in [-0.1, -0.05) is 56.7 Å². The number of anilines is 1. The topological polar surface area (TPSA) is 46.2 Å². The molecule has 1 aromatic rings. The SMILES string of the molecule is CCCCCCCCS(=O)(=O)Nc1ccc(C)cc1. The van der Waals surface area contributed by atoms with E-state index in [9.17, 15) is 8.42 Å². The van der Waals surface area contributed by atoms with Crippen molar-refractivity contribution in [2.45, 2.75) is 52.4 Å². The van der Waals surface area contributed by atoms with E-state index in [2.05, 4.69) is 11.6 Å². The quantitative estimate of drug-likeness (QED) is 0.694. The summed E-state index contributed by atoms with van der Waals surface area (Å²) >= 11 is 0. The molecule has 1 N–H and O–H groups in total. The van der Waals surface area contributed by atoms with Crippen molar-refractivity contribution in [3.05, 3.63) is 29.8 Å². The number of sulfonamides is 1. The third kappa shape index (κ3) is 7.21. The molecular weight excluding hydrogens is 258 g/mol. The standard InChI is InChI=1S/C15H25NO2S/c1-3-4-5-6-7-8-13-19(17,18)16-15-11-9-14(2)10-12-15/h9-12,16H,3-8,13H2,1-2H3. The molecule has 0 aliphatic carbocycles. The van der Waals surface area contributed by atoms with Gasteiger partial charge in [-0.2, -0.15) is 0 Å². The van der Waals surface area contributed by atoms with Crippen molar-refractivity contribution in [3.63, 3.8) is 0 Å². The molecule has 0 aliphatic heterocycles. The highest BCUT2D eigenvalue weighted by Gasteiger charge is 2.09. The van der Waals surface area contributed by atoms with Gasteiger partial charge in [0, 0.05) is 5.69 Å². The van der Waals surface area contributed by atoms with Crippen LogP contribution >= 0.6 is 0 Å². The average molecular weight is 283 g/mol. The second kappa shape index (κ2) is 8.20. The predicted molar refractivity (Wildman–Crippen MR) is 82.0 cm³/mol. The van der Waals surface area contributed by atoms with Gasteiger partial charge in [-0.15, -0.1) is 0 Å². The maximum atomic E-state index is 11.9. The van der Waals surface area contributed by atoms with E-state index >= 15 is 0 Å². The van der Waals surface area contributed by atoms with Gasteiger partial charge in [-0.25, -0.2) is 8.42 Å². The Balaban J connectivity index is 2.30. The minimum absolute atomic E-state index is 0.215. The molecule has 1 rings (SSSR count). The second-order valence-corrected chi connectivity index (χ2v) is 6.90. The van der Waals surface area contributed by atoms with Crippen LogP contribution in [0.1, 0.15) is 51.0 Å². The first-order valence-electron chi connectivity index (χ1n) is 7.10. The lowest BCUT2D eigenvalue weighted by molar-refractivity contribution is 0.588. The van der Waals surface area contributed by atoms with Gasteiger partial charge in [-0.3, -0.25) is 4.72 Å². The predicted octanol–water partition coefficient (Wildman–Crippen LogP) is 4.10. The Morgan fingerprint density at radius 3 is 2.16 bits per heavy atom. The van der Waals surface area contributed by atoms with Gasteiger partial charge in [0.2, 0.25) is 10.0 Å². The fourth-order valence-electron chi connectivity index (χ4n) is 1.92. The van der Waals surface area contributed by atoms with Crippen LogP contribution in [0.4, 0.5) is 5.69 Å². The highest BCUT2D eigenvalue weighted by molar-refractivity contribution is 7.92. The lowest BCUT2D eigenvalue weighted by Crippen LogP contribution is -2.16. The molecule has 0 saturated heterocycles. The molecule has 0 unspecified atom stereocenters. The van der Waals surface area contributed by atoms with Gasteiger partial charge >= 0.3 is 0 Å². The van der Waals surface area contributed by atoms with E-state index in [1.54, 1.807) is 12.1 Å². The van der Waals surface area contributed by atoms with E-state index in [1.807, 2.05) is 19.1 Å². The van der Waals surface area contributed by atoms with Crippen LogP contribution in [0.25, 0.3) is 0 Å². The average Bonchev–Trinajstić information content (AvgIpc) is 2.36. The molecule has 0 bridgehead atoms. The summed E-state index contributed by atoms with van der Waals surface area (Å²) in [7, 11) is -3.19. The molecule has 3 nitrogen and oxygen atoms in total. The number of nitrogens with one attached hydrogen (secondary N) is 1. The Bertz CT molecular complexity index is 452. The summed E-state index contributed by atoms with van der Waals surface area (Å²) in [6, 6.07) is 7.41. The molecule has 1 aromatic carbocycles. The summed E-state index contributed by atoms with van der Waals surface area (Å²) < 4.78 is 26.3. The van der Waals surface area contributed by atoms with Gasteiger partial charge in [0.05, 0.1) is 5.75 Å². The van der Waals surface area contributed by atoms with Crippen molar-refractivity contribution in [3.8, 4) is 0 Å². The summed E-state index contributed by atoms with van der Waals surface area (Å²) in [4.78, 5) is 0. The zero-order valence-corrected chi connectivity index (χ0v) is 12.8. The highest BCUT2D eigenvalue weighted by Crippen LogP contribution is 2.12. The van der Waals surface area contributed by atoms with Gasteiger partial charge in [-0.05, 0) is 25.5 Å². The van der Waals surface area contributed by atoms with Crippen LogP contribution in [0.3, 0.4) is 0 Å². The summed E-state index contributed by atoms with van der Waals surface area (Å²) in [6.45, 7) is 4.16. The molecule has 19 heavy (non-hydrogen) atoms. The van der Waals surface area contributed by atoms with Crippen LogP contribution in [0.15, 0.2) is 24.3 Å². The van der Waals surface area contributed by atoms with Crippen LogP contribution in [0.2, 0.25) is 0 Å². The lowest BCUT2D eigenvalue weighted by Gasteiger charge is -2.08. The van der Waals surface area contributed by atoms with Crippen molar-refractivity contribution in [1.82, 2.24) is 0 Å². The number of hydrogen-bond donors (Lipinski definition) is 1. The van der Waals surface area contributed by atoms with Crippen molar-refractivity contribution < 1.29 is 8.42 Å². The van der Waals surface area contributed by atoms with Gasteiger partial charge < -0.3 is 0 Å². The van der Waals surface area contributed by atoms with Crippen LogP contribution in [0, 0.1) is 6.92 Å². The van der Waals surface area contributed by atoms with Gasteiger partial charge in [0.25, 0.3) is 0 Å². The van der Waals surface area contributed by atoms with Crippen molar-refractivity contribution >= 4 is 15.7 Å². The molecule has 108 valence electrons. The number of unbranched alkanes of at least 4 members (excludes halogenated alkanes) is 5. The molecular formula is C15H25NO2S. The van der Waals surface area contributed by atoms with Gasteiger partial charge in [0.1, 0.15) is 0 Å². The fraction of sp³-hybridized carbons (Fsp3) is 0.600. The number of benzene rings is 1. The first kappa shape index (κ1) is 16.0. The molecule has 4 heteroatoms. The smallest absolute Gasteiger partial charge is 0.232 e. The third-order valence-electron chi connectivity index (χ3n) is 3.09. The fourth-order valence-corrected chi connectivity index (χ4v) is 3.11. The Labute approximate surface area is 117 Å². The first-order chi connectivity index (χ1) is 9.03. The van der Waals surface area contributed by atoms with E-state index in [1.165, 1.54) is 19.3 Å². The second-order valence-electron chi connectivity index (χ2n) is 5.05. The van der Waals surface area contributed by atoms with Crippen molar-refractivity contribution in [2.24, 2.45) is 0 Å². The molecule has 0 atom stereocenters. The molecule has 0 radical (unpaired) electrons. The monoisotopic (exact) mass is 283 g/mol. The lowest BCUT2D eigenvalue weighted by atomic mass is 10.1. The minimum atomic E-state index is -3.19. The van der Waals surface area contributed by atoms with Crippen LogP contribution in [-0.2, 0) is 10.0 Å². The summed E-state index contributed by atoms with van der Waals surface area (Å²) in [6.07, 6.45) is 6.54. The van der Waals surface area contributed by atoms with E-state index in [-0.39, 0.29) is 5.75 Å². The molecule has 0 fully saturated rings. The Morgan fingerprint density at radius 1 is 0.947 bits per heavy atom. The Morgan fingerprint density at radius 2 is 1.53 bits per heavy atom. The van der Waals surface area contributed by atoms with E-state index in [0.29, 0.717) is 5.69 Å². The summed E-state index contributed by atoms with van der Waals surface area (Å²) in [5, 5.41) is 0. The zero-order valence-electron chi connectivity index (χ0n) is 12.0. The van der Waals surface area contributed by atoms with Crippen LogP contribution in [-0.4, -0.2) is 14.2 Å². The third-order valence-corrected chi connectivity index (χ3v) is 4.46. The first-order valence-corrected chi connectivity index (χ1v) is 8.76. The maximum absolute atomic E-state index is 11.9.